The molecular weight excluding hydrogens is 298 g/mol. The number of nitrogens with zero attached hydrogens (tertiary/aromatic N) is 3. The van der Waals surface area contributed by atoms with E-state index in [1.807, 2.05) is 12.5 Å². The van der Waals surface area contributed by atoms with Crippen LogP contribution >= 0.6 is 11.8 Å². The summed E-state index contributed by atoms with van der Waals surface area (Å²) in [6, 6.07) is 0.249. The number of anilines is 1. The standard InChI is InChI=1S/C16H23N3O2S/c1-12(11-21-14-7-3-4-9-20-14)19-8-5-6-13-10-17-16(22-2)18-15(13)19/h5-6,10,12,14H,3-4,7-9,11H2,1-2H3/t12-,14?/m0/s1. The Labute approximate surface area is 136 Å². The van der Waals surface area contributed by atoms with Crippen LogP contribution in [0.1, 0.15) is 31.7 Å². The van der Waals surface area contributed by atoms with Crippen molar-refractivity contribution in [3.05, 3.63) is 17.8 Å². The molecule has 0 saturated carbocycles. The maximum Gasteiger partial charge on any atom is 0.189 e. The summed E-state index contributed by atoms with van der Waals surface area (Å²) in [7, 11) is 0. The minimum absolute atomic E-state index is 0.0387. The van der Waals surface area contributed by atoms with Gasteiger partial charge in [0.05, 0.1) is 12.6 Å². The lowest BCUT2D eigenvalue weighted by molar-refractivity contribution is -0.164. The first-order chi connectivity index (χ1) is 10.8. The summed E-state index contributed by atoms with van der Waals surface area (Å²) < 4.78 is 11.6. The van der Waals surface area contributed by atoms with Gasteiger partial charge < -0.3 is 14.4 Å². The summed E-state index contributed by atoms with van der Waals surface area (Å²) in [4.78, 5) is 11.3. The van der Waals surface area contributed by atoms with Gasteiger partial charge in [0.2, 0.25) is 0 Å². The van der Waals surface area contributed by atoms with Gasteiger partial charge in [-0.2, -0.15) is 0 Å². The molecule has 2 aliphatic rings. The van der Waals surface area contributed by atoms with Crippen molar-refractivity contribution in [2.45, 2.75) is 43.7 Å². The van der Waals surface area contributed by atoms with Crippen LogP contribution in [-0.2, 0) is 9.47 Å². The maximum absolute atomic E-state index is 5.93. The summed E-state index contributed by atoms with van der Waals surface area (Å²) in [6.45, 7) is 4.50. The third-order valence-corrected chi connectivity index (χ3v) is 4.58. The van der Waals surface area contributed by atoms with E-state index < -0.39 is 0 Å². The highest BCUT2D eigenvalue weighted by Gasteiger charge is 2.23. The van der Waals surface area contributed by atoms with E-state index in [0.717, 1.165) is 42.5 Å². The van der Waals surface area contributed by atoms with Crippen molar-refractivity contribution >= 4 is 23.7 Å². The molecule has 1 saturated heterocycles. The number of hydrogen-bond acceptors (Lipinski definition) is 6. The summed E-state index contributed by atoms with van der Waals surface area (Å²) in [6.07, 6.45) is 11.4. The molecule has 5 nitrogen and oxygen atoms in total. The van der Waals surface area contributed by atoms with Gasteiger partial charge in [-0.1, -0.05) is 23.9 Å². The largest absolute Gasteiger partial charge is 0.353 e. The van der Waals surface area contributed by atoms with Crippen LogP contribution in [0.3, 0.4) is 0 Å². The van der Waals surface area contributed by atoms with E-state index in [2.05, 4.69) is 33.9 Å². The van der Waals surface area contributed by atoms with Gasteiger partial charge in [-0.15, -0.1) is 0 Å². The van der Waals surface area contributed by atoms with Gasteiger partial charge in [-0.3, -0.25) is 0 Å². The summed E-state index contributed by atoms with van der Waals surface area (Å²) in [5.74, 6) is 1.00. The summed E-state index contributed by atoms with van der Waals surface area (Å²) >= 11 is 1.57. The first-order valence-electron chi connectivity index (χ1n) is 7.85. The number of hydrogen-bond donors (Lipinski definition) is 0. The van der Waals surface area contributed by atoms with Crippen molar-refractivity contribution in [3.63, 3.8) is 0 Å². The Morgan fingerprint density at radius 2 is 2.41 bits per heavy atom. The van der Waals surface area contributed by atoms with E-state index in [9.17, 15) is 0 Å². The molecule has 2 atom stereocenters. The molecule has 3 heterocycles. The van der Waals surface area contributed by atoms with E-state index in [4.69, 9.17) is 9.47 Å². The van der Waals surface area contributed by atoms with Crippen LogP contribution in [0.2, 0.25) is 0 Å². The molecular formula is C16H23N3O2S. The number of ether oxygens (including phenoxy) is 2. The van der Waals surface area contributed by atoms with Gasteiger partial charge in [-0.05, 0) is 32.4 Å². The molecule has 0 radical (unpaired) electrons. The van der Waals surface area contributed by atoms with E-state index in [0.29, 0.717) is 6.61 Å². The van der Waals surface area contributed by atoms with E-state index >= 15 is 0 Å². The molecule has 0 bridgehead atoms. The molecule has 0 N–H and O–H groups in total. The molecule has 2 aliphatic heterocycles. The second-order valence-electron chi connectivity index (χ2n) is 5.67. The van der Waals surface area contributed by atoms with Gasteiger partial charge in [-0.25, -0.2) is 9.97 Å². The molecule has 0 aliphatic carbocycles. The van der Waals surface area contributed by atoms with Crippen LogP contribution in [0.15, 0.2) is 17.4 Å². The summed E-state index contributed by atoms with van der Waals surface area (Å²) in [5.41, 5.74) is 1.07. The van der Waals surface area contributed by atoms with Crippen LogP contribution in [-0.4, -0.2) is 48.3 Å². The van der Waals surface area contributed by atoms with Crippen LogP contribution < -0.4 is 4.90 Å². The fourth-order valence-electron chi connectivity index (χ4n) is 2.76. The van der Waals surface area contributed by atoms with Crippen LogP contribution in [0.5, 0.6) is 0 Å². The average molecular weight is 321 g/mol. The molecule has 0 amide bonds. The van der Waals surface area contributed by atoms with E-state index in [1.54, 1.807) is 11.8 Å². The summed E-state index contributed by atoms with van der Waals surface area (Å²) in [5, 5.41) is 0.808. The Morgan fingerprint density at radius 3 is 3.18 bits per heavy atom. The second-order valence-corrected chi connectivity index (χ2v) is 6.44. The number of thioether (sulfide) groups is 1. The fraction of sp³-hybridized carbons (Fsp3) is 0.625. The molecule has 1 aromatic heterocycles. The molecule has 1 unspecified atom stereocenters. The Kier molecular flexibility index (Phi) is 5.33. The zero-order chi connectivity index (χ0) is 15.4. The van der Waals surface area contributed by atoms with Gasteiger partial charge in [0.15, 0.2) is 11.4 Å². The predicted molar refractivity (Wildman–Crippen MR) is 89.2 cm³/mol. The fourth-order valence-corrected chi connectivity index (χ4v) is 3.10. The van der Waals surface area contributed by atoms with Crippen molar-refractivity contribution in [3.8, 4) is 0 Å². The molecule has 0 spiro atoms. The third kappa shape index (κ3) is 3.62. The molecule has 1 aromatic rings. The lowest BCUT2D eigenvalue weighted by Crippen LogP contribution is -2.40. The zero-order valence-corrected chi connectivity index (χ0v) is 14.0. The maximum atomic E-state index is 5.93. The van der Waals surface area contributed by atoms with Gasteiger partial charge in [0, 0.05) is 24.9 Å². The molecule has 0 aromatic carbocycles. The Balaban J connectivity index is 1.65. The normalized spacial score (nSPS) is 22.5. The lowest BCUT2D eigenvalue weighted by Gasteiger charge is -2.33. The quantitative estimate of drug-likeness (QED) is 0.614. The van der Waals surface area contributed by atoms with Gasteiger partial charge >= 0.3 is 0 Å². The van der Waals surface area contributed by atoms with E-state index in [-0.39, 0.29) is 12.3 Å². The highest BCUT2D eigenvalue weighted by Crippen LogP contribution is 2.27. The van der Waals surface area contributed by atoms with Crippen molar-refractivity contribution < 1.29 is 9.47 Å². The molecule has 22 heavy (non-hydrogen) atoms. The van der Waals surface area contributed by atoms with Crippen LogP contribution in [0.4, 0.5) is 5.82 Å². The SMILES string of the molecule is CSc1ncc2c(n1)N([C@@H](C)COC1CCCCO1)CC=C2. The van der Waals surface area contributed by atoms with Crippen molar-refractivity contribution in [1.82, 2.24) is 9.97 Å². The predicted octanol–water partition coefficient (Wildman–Crippen LogP) is 2.96. The Morgan fingerprint density at radius 1 is 1.50 bits per heavy atom. The van der Waals surface area contributed by atoms with Crippen molar-refractivity contribution in [2.24, 2.45) is 0 Å². The third-order valence-electron chi connectivity index (χ3n) is 4.02. The molecule has 6 heteroatoms. The molecule has 120 valence electrons. The highest BCUT2D eigenvalue weighted by atomic mass is 32.2. The Bertz CT molecular complexity index is 532. The topological polar surface area (TPSA) is 47.5 Å². The van der Waals surface area contributed by atoms with Crippen molar-refractivity contribution in [1.29, 1.82) is 0 Å². The first kappa shape index (κ1) is 15.8. The van der Waals surface area contributed by atoms with Crippen LogP contribution in [0, 0.1) is 0 Å². The number of rotatable bonds is 5. The Hall–Kier alpha value is -1.11. The number of aromatic nitrogens is 2. The van der Waals surface area contributed by atoms with E-state index in [1.165, 1.54) is 6.42 Å². The smallest absolute Gasteiger partial charge is 0.189 e. The number of fused-ring (bicyclic) bond motifs is 1. The first-order valence-corrected chi connectivity index (χ1v) is 9.08. The lowest BCUT2D eigenvalue weighted by atomic mass is 10.1. The minimum atomic E-state index is -0.0387. The highest BCUT2D eigenvalue weighted by molar-refractivity contribution is 7.98. The second kappa shape index (κ2) is 7.44. The molecule has 3 rings (SSSR count). The molecule has 1 fully saturated rings. The average Bonchev–Trinajstić information content (AvgIpc) is 2.59. The van der Waals surface area contributed by atoms with Crippen LogP contribution in [0.25, 0.3) is 6.08 Å². The van der Waals surface area contributed by atoms with Crippen molar-refractivity contribution in [2.75, 3.05) is 30.9 Å². The monoisotopic (exact) mass is 321 g/mol. The van der Waals surface area contributed by atoms with Gasteiger partial charge in [0.25, 0.3) is 0 Å². The minimum Gasteiger partial charge on any atom is -0.353 e. The zero-order valence-electron chi connectivity index (χ0n) is 13.2. The van der Waals surface area contributed by atoms with Gasteiger partial charge in [0.1, 0.15) is 5.82 Å².